The molecule has 0 aliphatic rings. The van der Waals surface area contributed by atoms with Crippen LogP contribution in [0.15, 0.2) is 29.1 Å². The molecule has 0 saturated carbocycles. The SMILES string of the molecule is COCOc1cccc2cc(C=O)[nH]c(=O)c12. The van der Waals surface area contributed by atoms with Gasteiger partial charge in [-0.15, -0.1) is 0 Å². The Bertz CT molecular complexity index is 603. The monoisotopic (exact) mass is 233 g/mol. The number of aromatic amines is 1. The van der Waals surface area contributed by atoms with Crippen molar-refractivity contribution >= 4 is 17.1 Å². The summed E-state index contributed by atoms with van der Waals surface area (Å²) in [5.41, 5.74) is -0.109. The van der Waals surface area contributed by atoms with E-state index in [4.69, 9.17) is 9.47 Å². The summed E-state index contributed by atoms with van der Waals surface area (Å²) < 4.78 is 10.1. The largest absolute Gasteiger partial charge is 0.467 e. The third kappa shape index (κ3) is 2.19. The fourth-order valence-electron chi connectivity index (χ4n) is 1.61. The van der Waals surface area contributed by atoms with Gasteiger partial charge in [-0.2, -0.15) is 0 Å². The van der Waals surface area contributed by atoms with Crippen molar-refractivity contribution in [2.45, 2.75) is 0 Å². The van der Waals surface area contributed by atoms with E-state index >= 15 is 0 Å². The van der Waals surface area contributed by atoms with Gasteiger partial charge in [0, 0.05) is 7.11 Å². The summed E-state index contributed by atoms with van der Waals surface area (Å²) >= 11 is 0. The maximum Gasteiger partial charge on any atom is 0.260 e. The van der Waals surface area contributed by atoms with E-state index in [9.17, 15) is 9.59 Å². The molecule has 0 aliphatic carbocycles. The second-order valence-corrected chi connectivity index (χ2v) is 3.44. The molecule has 0 aliphatic heterocycles. The number of benzene rings is 1. The highest BCUT2D eigenvalue weighted by Crippen LogP contribution is 2.22. The Labute approximate surface area is 97.0 Å². The average molecular weight is 233 g/mol. The van der Waals surface area contributed by atoms with E-state index in [0.29, 0.717) is 22.8 Å². The number of hydrogen-bond donors (Lipinski definition) is 1. The van der Waals surface area contributed by atoms with Crippen LogP contribution in [0.4, 0.5) is 0 Å². The predicted octanol–water partition coefficient (Wildman–Crippen LogP) is 1.32. The molecule has 1 aromatic carbocycles. The fraction of sp³-hybridized carbons (Fsp3) is 0.167. The number of pyridine rings is 1. The van der Waals surface area contributed by atoms with Crippen LogP contribution in [0.25, 0.3) is 10.8 Å². The van der Waals surface area contributed by atoms with Crippen LogP contribution in [-0.4, -0.2) is 25.2 Å². The quantitative estimate of drug-likeness (QED) is 0.638. The number of carbonyl (C=O) groups excluding carboxylic acids is 1. The van der Waals surface area contributed by atoms with Gasteiger partial charge < -0.3 is 14.5 Å². The van der Waals surface area contributed by atoms with Crippen LogP contribution < -0.4 is 10.3 Å². The molecule has 0 bridgehead atoms. The van der Waals surface area contributed by atoms with Crippen LogP contribution in [0, 0.1) is 0 Å². The molecule has 0 atom stereocenters. The molecule has 0 fully saturated rings. The molecule has 1 N–H and O–H groups in total. The highest BCUT2D eigenvalue weighted by atomic mass is 16.7. The summed E-state index contributed by atoms with van der Waals surface area (Å²) in [7, 11) is 1.50. The molecular formula is C12H11NO4. The summed E-state index contributed by atoms with van der Waals surface area (Å²) in [5, 5.41) is 1.07. The minimum atomic E-state index is -0.351. The molecule has 88 valence electrons. The van der Waals surface area contributed by atoms with Gasteiger partial charge in [-0.25, -0.2) is 0 Å². The topological polar surface area (TPSA) is 68.4 Å². The van der Waals surface area contributed by atoms with Crippen LogP contribution in [0.1, 0.15) is 10.5 Å². The summed E-state index contributed by atoms with van der Waals surface area (Å²) in [6, 6.07) is 6.78. The van der Waals surface area contributed by atoms with Crippen molar-refractivity contribution in [1.29, 1.82) is 0 Å². The molecule has 5 nitrogen and oxygen atoms in total. The fourth-order valence-corrected chi connectivity index (χ4v) is 1.61. The van der Waals surface area contributed by atoms with Crippen LogP contribution in [0.3, 0.4) is 0 Å². The molecule has 0 saturated heterocycles. The Morgan fingerprint density at radius 3 is 2.94 bits per heavy atom. The molecule has 1 heterocycles. The Kier molecular flexibility index (Phi) is 3.20. The first-order valence-electron chi connectivity index (χ1n) is 4.99. The molecule has 0 amide bonds. The average Bonchev–Trinajstić information content (AvgIpc) is 2.35. The van der Waals surface area contributed by atoms with Gasteiger partial charge in [0.2, 0.25) is 0 Å². The van der Waals surface area contributed by atoms with Gasteiger partial charge in [0.15, 0.2) is 13.1 Å². The van der Waals surface area contributed by atoms with Gasteiger partial charge in [0.05, 0.1) is 11.1 Å². The zero-order valence-electron chi connectivity index (χ0n) is 9.23. The van der Waals surface area contributed by atoms with Crippen molar-refractivity contribution in [3.8, 4) is 5.75 Å². The number of methoxy groups -OCH3 is 1. The zero-order chi connectivity index (χ0) is 12.3. The Morgan fingerprint density at radius 2 is 2.24 bits per heavy atom. The standard InChI is InChI=1S/C12H11NO4/c1-16-7-17-10-4-2-3-8-5-9(6-14)13-12(15)11(8)10/h2-6H,7H2,1H3,(H,13,15). The van der Waals surface area contributed by atoms with E-state index < -0.39 is 0 Å². The van der Waals surface area contributed by atoms with Gasteiger partial charge in [0.25, 0.3) is 5.56 Å². The Hall–Kier alpha value is -2.14. The van der Waals surface area contributed by atoms with Crippen molar-refractivity contribution in [1.82, 2.24) is 4.98 Å². The molecular weight excluding hydrogens is 222 g/mol. The van der Waals surface area contributed by atoms with Crippen molar-refractivity contribution in [2.75, 3.05) is 13.9 Å². The highest BCUT2D eigenvalue weighted by molar-refractivity contribution is 5.90. The molecule has 17 heavy (non-hydrogen) atoms. The molecule has 5 heteroatoms. The number of fused-ring (bicyclic) bond motifs is 1. The number of rotatable bonds is 4. The van der Waals surface area contributed by atoms with Gasteiger partial charge in [0.1, 0.15) is 5.75 Å². The lowest BCUT2D eigenvalue weighted by Gasteiger charge is -2.07. The summed E-state index contributed by atoms with van der Waals surface area (Å²) in [6.07, 6.45) is 0.601. The van der Waals surface area contributed by atoms with E-state index in [1.807, 2.05) is 0 Å². The molecule has 0 spiro atoms. The van der Waals surface area contributed by atoms with Gasteiger partial charge in [-0.1, -0.05) is 12.1 Å². The molecule has 2 rings (SSSR count). The van der Waals surface area contributed by atoms with E-state index in [-0.39, 0.29) is 18.0 Å². The summed E-state index contributed by atoms with van der Waals surface area (Å²) in [4.78, 5) is 24.9. The number of carbonyl (C=O) groups is 1. The van der Waals surface area contributed by atoms with Crippen LogP contribution >= 0.6 is 0 Å². The molecule has 2 aromatic rings. The number of ether oxygens (including phenoxy) is 2. The maximum absolute atomic E-state index is 11.8. The van der Waals surface area contributed by atoms with Gasteiger partial charge in [-0.3, -0.25) is 9.59 Å². The van der Waals surface area contributed by atoms with Gasteiger partial charge >= 0.3 is 0 Å². The molecule has 0 radical (unpaired) electrons. The lowest BCUT2D eigenvalue weighted by atomic mass is 10.1. The van der Waals surface area contributed by atoms with Crippen molar-refractivity contribution < 1.29 is 14.3 Å². The first kappa shape index (κ1) is 11.3. The number of nitrogens with one attached hydrogen (secondary N) is 1. The predicted molar refractivity (Wildman–Crippen MR) is 62.5 cm³/mol. The van der Waals surface area contributed by atoms with E-state index in [1.54, 1.807) is 24.3 Å². The van der Waals surface area contributed by atoms with Crippen LogP contribution in [0.5, 0.6) is 5.75 Å². The molecule has 0 unspecified atom stereocenters. The first-order chi connectivity index (χ1) is 8.26. The molecule has 1 aromatic heterocycles. The minimum Gasteiger partial charge on any atom is -0.467 e. The van der Waals surface area contributed by atoms with Crippen molar-refractivity contribution in [2.24, 2.45) is 0 Å². The van der Waals surface area contributed by atoms with Crippen molar-refractivity contribution in [3.05, 3.63) is 40.3 Å². The minimum absolute atomic E-state index is 0.0635. The van der Waals surface area contributed by atoms with E-state index in [1.165, 1.54) is 7.11 Å². The number of aldehydes is 1. The second kappa shape index (κ2) is 4.80. The summed E-state index contributed by atoms with van der Waals surface area (Å²) in [6.45, 7) is 0.0635. The third-order valence-electron chi connectivity index (χ3n) is 2.31. The Morgan fingerprint density at radius 1 is 1.41 bits per heavy atom. The number of hydrogen-bond acceptors (Lipinski definition) is 4. The zero-order valence-corrected chi connectivity index (χ0v) is 9.23. The third-order valence-corrected chi connectivity index (χ3v) is 2.31. The normalized spacial score (nSPS) is 10.4. The Balaban J connectivity index is 2.63. The lowest BCUT2D eigenvalue weighted by molar-refractivity contribution is 0.0522. The number of aromatic nitrogens is 1. The first-order valence-corrected chi connectivity index (χ1v) is 4.99. The second-order valence-electron chi connectivity index (χ2n) is 3.44. The maximum atomic E-state index is 11.8. The highest BCUT2D eigenvalue weighted by Gasteiger charge is 2.07. The smallest absolute Gasteiger partial charge is 0.260 e. The number of H-pyrrole nitrogens is 1. The summed E-state index contributed by atoms with van der Waals surface area (Å²) in [5.74, 6) is 0.433. The van der Waals surface area contributed by atoms with Crippen molar-refractivity contribution in [3.63, 3.8) is 0 Å². The van der Waals surface area contributed by atoms with Crippen LogP contribution in [0.2, 0.25) is 0 Å². The van der Waals surface area contributed by atoms with Gasteiger partial charge in [-0.05, 0) is 17.5 Å². The van der Waals surface area contributed by atoms with E-state index in [2.05, 4.69) is 4.98 Å². The lowest BCUT2D eigenvalue weighted by Crippen LogP contribution is -2.11. The van der Waals surface area contributed by atoms with E-state index in [0.717, 1.165) is 0 Å². The van der Waals surface area contributed by atoms with Crippen LogP contribution in [-0.2, 0) is 4.74 Å².